The van der Waals surface area contributed by atoms with Crippen LogP contribution in [0.15, 0.2) is 48.9 Å². The van der Waals surface area contributed by atoms with Gasteiger partial charge in [0.2, 0.25) is 5.91 Å². The Morgan fingerprint density at radius 1 is 1.24 bits per heavy atom. The first-order valence-corrected chi connectivity index (χ1v) is 9.18. The third-order valence-corrected chi connectivity index (χ3v) is 5.56. The number of nitrogens with zero attached hydrogens (tertiary/aromatic N) is 3. The highest BCUT2D eigenvalue weighted by Crippen LogP contribution is 2.34. The number of pyridine rings is 2. The number of nitrogens with one attached hydrogen (secondary N) is 1. The zero-order valence-corrected chi connectivity index (χ0v) is 14.5. The standard InChI is InChI=1S/C19H18N4OS/c24-18(22-12-15-5-1-2-9-21-15)13-6-7-16-17(10-13)25-19(23-16)14-4-3-8-20-11-14/h1-5,8-9,11,13H,6-7,10,12H2,(H,22,24). The number of aryl methyl sites for hydroxylation is 1. The normalized spacial score (nSPS) is 16.2. The molecule has 1 unspecified atom stereocenters. The molecule has 0 fully saturated rings. The number of hydrogen-bond donors (Lipinski definition) is 1. The van der Waals surface area contributed by atoms with Gasteiger partial charge >= 0.3 is 0 Å². The average Bonchev–Trinajstić information content (AvgIpc) is 3.11. The zero-order chi connectivity index (χ0) is 17.1. The van der Waals surface area contributed by atoms with E-state index in [0.29, 0.717) is 6.54 Å². The van der Waals surface area contributed by atoms with E-state index in [9.17, 15) is 4.79 Å². The number of rotatable bonds is 4. The lowest BCUT2D eigenvalue weighted by atomic mass is 9.90. The largest absolute Gasteiger partial charge is 0.350 e. The van der Waals surface area contributed by atoms with Crippen molar-refractivity contribution in [3.63, 3.8) is 0 Å². The third-order valence-electron chi connectivity index (χ3n) is 4.39. The Bertz CT molecular complexity index is 864. The van der Waals surface area contributed by atoms with Crippen molar-refractivity contribution in [1.82, 2.24) is 20.3 Å². The van der Waals surface area contributed by atoms with Crippen LogP contribution in [0, 0.1) is 5.92 Å². The van der Waals surface area contributed by atoms with Gasteiger partial charge < -0.3 is 5.32 Å². The van der Waals surface area contributed by atoms with Crippen molar-refractivity contribution >= 4 is 17.2 Å². The Hall–Kier alpha value is -2.60. The summed E-state index contributed by atoms with van der Waals surface area (Å²) in [6.07, 6.45) is 7.80. The smallest absolute Gasteiger partial charge is 0.223 e. The quantitative estimate of drug-likeness (QED) is 0.785. The molecule has 3 heterocycles. The summed E-state index contributed by atoms with van der Waals surface area (Å²) in [5.41, 5.74) is 3.06. The summed E-state index contributed by atoms with van der Waals surface area (Å²) in [5, 5.41) is 4.00. The molecule has 6 heteroatoms. The summed E-state index contributed by atoms with van der Waals surface area (Å²) in [4.78, 5) is 26.9. The second-order valence-corrected chi connectivity index (χ2v) is 7.19. The fraction of sp³-hybridized carbons (Fsp3) is 0.263. The first-order valence-electron chi connectivity index (χ1n) is 8.36. The molecule has 5 nitrogen and oxygen atoms in total. The van der Waals surface area contributed by atoms with Gasteiger partial charge in [-0.05, 0) is 43.5 Å². The molecule has 3 aromatic rings. The van der Waals surface area contributed by atoms with E-state index in [0.717, 1.165) is 41.2 Å². The molecular weight excluding hydrogens is 332 g/mol. The van der Waals surface area contributed by atoms with Crippen LogP contribution in [0.2, 0.25) is 0 Å². The van der Waals surface area contributed by atoms with Crippen LogP contribution in [0.25, 0.3) is 10.6 Å². The van der Waals surface area contributed by atoms with Crippen molar-refractivity contribution < 1.29 is 4.79 Å². The summed E-state index contributed by atoms with van der Waals surface area (Å²) < 4.78 is 0. The van der Waals surface area contributed by atoms with Crippen molar-refractivity contribution in [3.05, 3.63) is 65.2 Å². The van der Waals surface area contributed by atoms with Crippen LogP contribution in [-0.4, -0.2) is 20.9 Å². The molecule has 1 amide bonds. The van der Waals surface area contributed by atoms with Gasteiger partial charge in [0.1, 0.15) is 5.01 Å². The topological polar surface area (TPSA) is 67.8 Å². The van der Waals surface area contributed by atoms with Crippen molar-refractivity contribution in [1.29, 1.82) is 0 Å². The number of hydrogen-bond acceptors (Lipinski definition) is 5. The molecule has 25 heavy (non-hydrogen) atoms. The Morgan fingerprint density at radius 2 is 2.20 bits per heavy atom. The monoisotopic (exact) mass is 350 g/mol. The summed E-state index contributed by atoms with van der Waals surface area (Å²) in [6.45, 7) is 0.479. The van der Waals surface area contributed by atoms with Crippen LogP contribution in [0.1, 0.15) is 22.7 Å². The highest BCUT2D eigenvalue weighted by Gasteiger charge is 2.27. The minimum Gasteiger partial charge on any atom is -0.350 e. The Balaban J connectivity index is 1.42. The lowest BCUT2D eigenvalue weighted by molar-refractivity contribution is -0.125. The molecule has 1 aliphatic rings. The van der Waals surface area contributed by atoms with Crippen LogP contribution in [0.4, 0.5) is 0 Å². The number of thiazole rings is 1. The lowest BCUT2D eigenvalue weighted by Gasteiger charge is -2.20. The number of aromatic nitrogens is 3. The van der Waals surface area contributed by atoms with Gasteiger partial charge in [0.25, 0.3) is 0 Å². The van der Waals surface area contributed by atoms with Crippen LogP contribution in [-0.2, 0) is 24.2 Å². The predicted molar refractivity (Wildman–Crippen MR) is 96.9 cm³/mol. The zero-order valence-electron chi connectivity index (χ0n) is 13.7. The van der Waals surface area contributed by atoms with Gasteiger partial charge in [0, 0.05) is 34.9 Å². The van der Waals surface area contributed by atoms with Gasteiger partial charge in [-0.1, -0.05) is 6.07 Å². The molecule has 1 atom stereocenters. The summed E-state index contributed by atoms with van der Waals surface area (Å²) in [7, 11) is 0. The minimum absolute atomic E-state index is 0.0124. The second-order valence-electron chi connectivity index (χ2n) is 6.11. The van der Waals surface area contributed by atoms with Crippen LogP contribution in [0.5, 0.6) is 0 Å². The predicted octanol–water partition coefficient (Wildman–Crippen LogP) is 3.02. The van der Waals surface area contributed by atoms with Gasteiger partial charge in [-0.25, -0.2) is 4.98 Å². The SMILES string of the molecule is O=C(NCc1ccccn1)C1CCc2nc(-c3cccnc3)sc2C1. The third kappa shape index (κ3) is 3.58. The maximum atomic E-state index is 12.5. The highest BCUT2D eigenvalue weighted by molar-refractivity contribution is 7.15. The molecule has 1 N–H and O–H groups in total. The molecule has 0 bridgehead atoms. The molecule has 0 saturated heterocycles. The number of carbonyl (C=O) groups is 1. The molecule has 4 rings (SSSR count). The molecule has 3 aromatic heterocycles. The number of carbonyl (C=O) groups excluding carboxylic acids is 1. The fourth-order valence-corrected chi connectivity index (χ4v) is 4.21. The molecule has 1 aliphatic carbocycles. The Kier molecular flexibility index (Phi) is 4.52. The molecular formula is C19H18N4OS. The van der Waals surface area contributed by atoms with Crippen LogP contribution in [0.3, 0.4) is 0 Å². The van der Waals surface area contributed by atoms with E-state index in [4.69, 9.17) is 4.98 Å². The number of amides is 1. The molecule has 0 saturated carbocycles. The van der Waals surface area contributed by atoms with Crippen LogP contribution < -0.4 is 5.32 Å². The van der Waals surface area contributed by atoms with Crippen molar-refractivity contribution in [2.75, 3.05) is 0 Å². The van der Waals surface area contributed by atoms with Gasteiger partial charge in [0.15, 0.2) is 0 Å². The molecule has 126 valence electrons. The van der Waals surface area contributed by atoms with E-state index in [2.05, 4.69) is 15.3 Å². The van der Waals surface area contributed by atoms with Gasteiger partial charge in [-0.3, -0.25) is 14.8 Å². The summed E-state index contributed by atoms with van der Waals surface area (Å²) in [5.74, 6) is 0.117. The maximum Gasteiger partial charge on any atom is 0.223 e. The van der Waals surface area contributed by atoms with Gasteiger partial charge in [-0.2, -0.15) is 0 Å². The van der Waals surface area contributed by atoms with Gasteiger partial charge in [0.05, 0.1) is 17.9 Å². The molecule has 0 aliphatic heterocycles. The molecule has 0 radical (unpaired) electrons. The minimum atomic E-state index is 0.0124. The van der Waals surface area contributed by atoms with E-state index in [-0.39, 0.29) is 11.8 Å². The molecule has 0 aromatic carbocycles. The molecule has 0 spiro atoms. The fourth-order valence-electron chi connectivity index (χ4n) is 3.04. The Labute approximate surface area is 150 Å². The van der Waals surface area contributed by atoms with E-state index in [1.54, 1.807) is 23.7 Å². The average molecular weight is 350 g/mol. The van der Waals surface area contributed by atoms with E-state index < -0.39 is 0 Å². The van der Waals surface area contributed by atoms with E-state index in [1.807, 2.05) is 36.5 Å². The van der Waals surface area contributed by atoms with Crippen molar-refractivity contribution in [2.24, 2.45) is 5.92 Å². The first-order chi connectivity index (χ1) is 12.3. The van der Waals surface area contributed by atoms with E-state index >= 15 is 0 Å². The maximum absolute atomic E-state index is 12.5. The van der Waals surface area contributed by atoms with Gasteiger partial charge in [-0.15, -0.1) is 11.3 Å². The summed E-state index contributed by atoms with van der Waals surface area (Å²) >= 11 is 1.68. The van der Waals surface area contributed by atoms with Crippen LogP contribution >= 0.6 is 11.3 Å². The highest BCUT2D eigenvalue weighted by atomic mass is 32.1. The Morgan fingerprint density at radius 3 is 3.00 bits per heavy atom. The summed E-state index contributed by atoms with van der Waals surface area (Å²) in [6, 6.07) is 9.66. The lowest BCUT2D eigenvalue weighted by Crippen LogP contribution is -2.33. The second kappa shape index (κ2) is 7.11. The number of fused-ring (bicyclic) bond motifs is 1. The van der Waals surface area contributed by atoms with Crippen molar-refractivity contribution in [2.45, 2.75) is 25.8 Å². The first kappa shape index (κ1) is 15.9. The van der Waals surface area contributed by atoms with Crippen molar-refractivity contribution in [3.8, 4) is 10.6 Å². The van der Waals surface area contributed by atoms with E-state index in [1.165, 1.54) is 4.88 Å².